The maximum atomic E-state index is 12.5. The van der Waals surface area contributed by atoms with Crippen molar-refractivity contribution in [3.8, 4) is 5.75 Å². The first kappa shape index (κ1) is 45.0. The molecule has 3 rings (SSSR count). The maximum Gasteiger partial charge on any atom is 0.338 e. The second-order valence-electron chi connectivity index (χ2n) is 15.5. The molecule has 1 aromatic carbocycles. The number of hydrogen-bond donors (Lipinski definition) is 2. The molecular weight excluding hydrogens is 688 g/mol. The predicted molar refractivity (Wildman–Crippen MR) is 215 cm³/mol. The number of esters is 2. The highest BCUT2D eigenvalue weighted by atomic mass is 35.5. The highest BCUT2D eigenvalue weighted by molar-refractivity contribution is 6.21. The molecule has 1 aromatic rings. The van der Waals surface area contributed by atoms with Crippen LogP contribution in [0.15, 0.2) is 48.6 Å². The van der Waals surface area contributed by atoms with Crippen LogP contribution in [0.1, 0.15) is 165 Å². The van der Waals surface area contributed by atoms with E-state index in [1.54, 1.807) is 18.2 Å². The Balaban J connectivity index is 1.20. The molecule has 0 aliphatic heterocycles. The Morgan fingerprint density at radius 3 is 2.23 bits per heavy atom. The number of alkyl halides is 1. The summed E-state index contributed by atoms with van der Waals surface area (Å²) in [6.07, 6.45) is 31.0. The van der Waals surface area contributed by atoms with Gasteiger partial charge in [0, 0.05) is 17.7 Å². The van der Waals surface area contributed by atoms with Gasteiger partial charge in [0.25, 0.3) is 0 Å². The van der Waals surface area contributed by atoms with Gasteiger partial charge in [-0.2, -0.15) is 0 Å². The molecule has 2 N–H and O–H groups in total. The van der Waals surface area contributed by atoms with Crippen molar-refractivity contribution in [2.24, 2.45) is 17.3 Å². The van der Waals surface area contributed by atoms with Gasteiger partial charge in [0.2, 0.25) is 0 Å². The Morgan fingerprint density at radius 2 is 1.57 bits per heavy atom. The van der Waals surface area contributed by atoms with Crippen molar-refractivity contribution in [2.75, 3.05) is 19.8 Å². The zero-order chi connectivity index (χ0) is 38.2. The predicted octanol–water partition coefficient (Wildman–Crippen LogP) is 11.1. The van der Waals surface area contributed by atoms with E-state index in [0.717, 1.165) is 44.9 Å². The van der Waals surface area contributed by atoms with Crippen LogP contribution in [0.25, 0.3) is 0 Å². The molecule has 5 atom stereocenters. The quantitative estimate of drug-likeness (QED) is 0.0363. The Morgan fingerprint density at radius 1 is 0.887 bits per heavy atom. The van der Waals surface area contributed by atoms with Gasteiger partial charge in [-0.05, 0) is 87.3 Å². The first-order valence-electron chi connectivity index (χ1n) is 21.2. The van der Waals surface area contributed by atoms with E-state index in [4.69, 9.17) is 25.8 Å². The van der Waals surface area contributed by atoms with Crippen LogP contribution in [0.5, 0.6) is 5.75 Å². The van der Waals surface area contributed by atoms with Crippen LogP contribution < -0.4 is 4.74 Å². The van der Waals surface area contributed by atoms with E-state index in [0.29, 0.717) is 37.2 Å². The van der Waals surface area contributed by atoms with E-state index >= 15 is 0 Å². The summed E-state index contributed by atoms with van der Waals surface area (Å²) >= 11 is 6.62. The molecule has 0 amide bonds. The number of carbonyl (C=O) groups excluding carboxylic acids is 2. The number of halogens is 1. The number of unbranched alkanes of at least 4 members (excludes halogenated alkanes) is 12. The van der Waals surface area contributed by atoms with Gasteiger partial charge in [0.15, 0.2) is 0 Å². The summed E-state index contributed by atoms with van der Waals surface area (Å²) < 4.78 is 16.5. The third kappa shape index (κ3) is 16.9. The monoisotopic (exact) mass is 758 g/mol. The van der Waals surface area contributed by atoms with E-state index in [1.165, 1.54) is 70.6 Å². The molecule has 2 aliphatic carbocycles. The van der Waals surface area contributed by atoms with Crippen molar-refractivity contribution >= 4 is 23.5 Å². The third-order valence-electron chi connectivity index (χ3n) is 11.6. The summed E-state index contributed by atoms with van der Waals surface area (Å²) in [5.41, 5.74) is 0.488. The van der Waals surface area contributed by atoms with Crippen molar-refractivity contribution in [2.45, 2.75) is 173 Å². The van der Waals surface area contributed by atoms with Crippen LogP contribution in [0.2, 0.25) is 0 Å². The van der Waals surface area contributed by atoms with Gasteiger partial charge < -0.3 is 24.4 Å². The van der Waals surface area contributed by atoms with Crippen molar-refractivity contribution < 1.29 is 34.0 Å². The Kier molecular flexibility index (Phi) is 22.5. The van der Waals surface area contributed by atoms with Gasteiger partial charge in [-0.1, -0.05) is 121 Å². The lowest BCUT2D eigenvalue weighted by atomic mass is 9.63. The Labute approximate surface area is 326 Å². The first-order chi connectivity index (χ1) is 25.8. The highest BCUT2D eigenvalue weighted by Crippen LogP contribution is 2.48. The summed E-state index contributed by atoms with van der Waals surface area (Å²) in [4.78, 5) is 24.7. The average Bonchev–Trinajstić information content (AvgIpc) is 3.40. The van der Waals surface area contributed by atoms with Crippen LogP contribution in [-0.4, -0.2) is 59.6 Å². The van der Waals surface area contributed by atoms with Crippen LogP contribution in [0.3, 0.4) is 0 Å². The second-order valence-corrected chi connectivity index (χ2v) is 16.1. The summed E-state index contributed by atoms with van der Waals surface area (Å²) in [6, 6.07) is 7.03. The van der Waals surface area contributed by atoms with Crippen LogP contribution in [0, 0.1) is 17.3 Å². The Hall–Kier alpha value is -2.35. The van der Waals surface area contributed by atoms with E-state index < -0.39 is 12.1 Å². The van der Waals surface area contributed by atoms with Gasteiger partial charge in [-0.15, -0.1) is 11.6 Å². The number of hydrogen-bond acceptors (Lipinski definition) is 7. The fourth-order valence-electron chi connectivity index (χ4n) is 7.86. The fourth-order valence-corrected chi connectivity index (χ4v) is 8.31. The number of benzene rings is 1. The largest absolute Gasteiger partial charge is 0.494 e. The van der Waals surface area contributed by atoms with Crippen LogP contribution >= 0.6 is 11.6 Å². The van der Waals surface area contributed by atoms with Crippen molar-refractivity contribution in [3.63, 3.8) is 0 Å². The highest BCUT2D eigenvalue weighted by Gasteiger charge is 2.42. The molecule has 300 valence electrons. The van der Waals surface area contributed by atoms with Crippen molar-refractivity contribution in [1.29, 1.82) is 0 Å². The van der Waals surface area contributed by atoms with E-state index in [1.807, 2.05) is 12.1 Å². The fraction of sp³-hybridized carbons (Fsp3) is 0.733. The lowest BCUT2D eigenvalue weighted by molar-refractivity contribution is -0.144. The standard InChI is InChI=1S/C45H71ClO7/c1-3-5-6-7-8-9-10-11-12-13-16-19-31-51-37-24-20-23-36(34-37)44(50)53-33-32-52-43(49)28-18-15-14-17-25-38-39(41(47)35-40(38)46)26-21-27-42(48)45(4-2)29-22-30-45/h14,17,20-21,23-24,26,34,38-42,47-48H,3-13,15-16,18-19,22,25,27-33,35H2,1-2H3/b17-14-,26-21+/t38-,39?,40-,41-,42+/m1/s1. The molecule has 1 unspecified atom stereocenters. The van der Waals surface area contributed by atoms with Crippen molar-refractivity contribution in [3.05, 3.63) is 54.1 Å². The molecule has 2 saturated carbocycles. The lowest BCUT2D eigenvalue weighted by Crippen LogP contribution is -2.40. The second kappa shape index (κ2) is 26.5. The van der Waals surface area contributed by atoms with Gasteiger partial charge >= 0.3 is 11.9 Å². The molecule has 0 heterocycles. The van der Waals surface area contributed by atoms with E-state index in [9.17, 15) is 19.8 Å². The van der Waals surface area contributed by atoms with E-state index in [2.05, 4.69) is 32.1 Å². The van der Waals surface area contributed by atoms with Gasteiger partial charge in [0.05, 0.1) is 24.4 Å². The number of allylic oxidation sites excluding steroid dienone is 2. The zero-order valence-corrected chi connectivity index (χ0v) is 33.8. The normalized spacial score (nSPS) is 21.5. The Bertz CT molecular complexity index is 1210. The van der Waals surface area contributed by atoms with Gasteiger partial charge in [0.1, 0.15) is 19.0 Å². The summed E-state index contributed by atoms with van der Waals surface area (Å²) in [5.74, 6) is -0.0232. The number of carbonyl (C=O) groups is 2. The summed E-state index contributed by atoms with van der Waals surface area (Å²) in [7, 11) is 0. The van der Waals surface area contributed by atoms with Crippen LogP contribution in [-0.2, 0) is 14.3 Å². The zero-order valence-electron chi connectivity index (χ0n) is 33.0. The molecule has 0 radical (unpaired) electrons. The molecule has 0 aromatic heterocycles. The van der Waals surface area contributed by atoms with Gasteiger partial charge in [-0.25, -0.2) is 4.79 Å². The molecule has 7 nitrogen and oxygen atoms in total. The van der Waals surface area contributed by atoms with Crippen molar-refractivity contribution in [1.82, 2.24) is 0 Å². The first-order valence-corrected chi connectivity index (χ1v) is 21.6. The average molecular weight is 760 g/mol. The summed E-state index contributed by atoms with van der Waals surface area (Å²) in [6.45, 7) is 5.06. The smallest absolute Gasteiger partial charge is 0.338 e. The minimum absolute atomic E-state index is 0.00466. The topological polar surface area (TPSA) is 102 Å². The molecule has 8 heteroatoms. The molecular formula is C45H71ClO7. The minimum Gasteiger partial charge on any atom is -0.494 e. The molecule has 53 heavy (non-hydrogen) atoms. The molecule has 0 bridgehead atoms. The van der Waals surface area contributed by atoms with E-state index in [-0.39, 0.29) is 54.3 Å². The minimum atomic E-state index is -0.472. The summed E-state index contributed by atoms with van der Waals surface area (Å²) in [5, 5.41) is 21.3. The molecule has 2 fully saturated rings. The van der Waals surface area contributed by atoms with Gasteiger partial charge in [-0.3, -0.25) is 4.79 Å². The molecule has 0 saturated heterocycles. The number of ether oxygens (including phenoxy) is 3. The van der Waals surface area contributed by atoms with Crippen LogP contribution in [0.4, 0.5) is 0 Å². The third-order valence-corrected chi connectivity index (χ3v) is 12.1. The molecule has 2 aliphatic rings. The SMILES string of the molecule is CCCCCCCCCCCCCCOc1cccc(C(=O)OCCOC(=O)CCC/C=C\C[C@@H]2C(/C=C/C[C@H](O)C3(CC)CCC3)[C@H](O)C[C@H]2Cl)c1. The number of aliphatic hydroxyl groups excluding tert-OH is 2. The number of rotatable bonds is 29. The molecule has 0 spiro atoms. The maximum absolute atomic E-state index is 12.5. The number of aliphatic hydroxyl groups is 2. The lowest BCUT2D eigenvalue weighted by Gasteiger charge is -2.45.